The lowest BCUT2D eigenvalue weighted by Gasteiger charge is -2.11. The molecule has 1 amide bonds. The van der Waals surface area contributed by atoms with E-state index < -0.39 is 5.91 Å². The van der Waals surface area contributed by atoms with Gasteiger partial charge in [0.2, 0.25) is 5.91 Å². The summed E-state index contributed by atoms with van der Waals surface area (Å²) in [4.78, 5) is 27.7. The molecule has 2 heterocycles. The van der Waals surface area contributed by atoms with Gasteiger partial charge in [0.1, 0.15) is 23.7 Å². The summed E-state index contributed by atoms with van der Waals surface area (Å²) in [5.74, 6) is 0.0695. The molecule has 7 heteroatoms. The highest BCUT2D eigenvalue weighted by Gasteiger charge is 2.09. The number of fused-ring (bicyclic) bond motifs is 1. The molecule has 0 unspecified atom stereocenters. The fraction of sp³-hybridized carbons (Fsp3) is 0.0714. The van der Waals surface area contributed by atoms with Crippen molar-refractivity contribution in [3.63, 3.8) is 0 Å². The van der Waals surface area contributed by atoms with Crippen LogP contribution in [0.1, 0.15) is 15.9 Å². The average Bonchev–Trinajstić information content (AvgIpc) is 2.49. The number of nitrogens with zero attached hydrogens (tertiary/aromatic N) is 4. The molecule has 0 radical (unpaired) electrons. The Labute approximate surface area is 120 Å². The third-order valence-corrected chi connectivity index (χ3v) is 3.08. The molecule has 3 rings (SSSR count). The molecule has 0 atom stereocenters. The average molecular weight is 280 g/mol. The van der Waals surface area contributed by atoms with Gasteiger partial charge >= 0.3 is 0 Å². The SMILES string of the molecule is Cc1ccc(C(N)=O)cc1Nc1ncnc2cncnc12. The van der Waals surface area contributed by atoms with Gasteiger partial charge in [-0.1, -0.05) is 6.07 Å². The van der Waals surface area contributed by atoms with Crippen molar-refractivity contribution in [3.05, 3.63) is 48.2 Å². The highest BCUT2D eigenvalue weighted by molar-refractivity contribution is 5.94. The number of aromatic nitrogens is 4. The number of primary amides is 1. The van der Waals surface area contributed by atoms with E-state index in [1.807, 2.05) is 13.0 Å². The lowest BCUT2D eigenvalue weighted by Crippen LogP contribution is -2.11. The van der Waals surface area contributed by atoms with Crippen LogP contribution in [0.4, 0.5) is 11.5 Å². The van der Waals surface area contributed by atoms with Gasteiger partial charge in [-0.3, -0.25) is 4.79 Å². The van der Waals surface area contributed by atoms with Crippen LogP contribution in [0.5, 0.6) is 0 Å². The van der Waals surface area contributed by atoms with Crippen molar-refractivity contribution < 1.29 is 4.79 Å². The van der Waals surface area contributed by atoms with Crippen LogP contribution in [0, 0.1) is 6.92 Å². The van der Waals surface area contributed by atoms with Gasteiger partial charge in [0.25, 0.3) is 0 Å². The zero-order chi connectivity index (χ0) is 14.8. The number of carbonyl (C=O) groups excluding carboxylic acids is 1. The molecule has 0 bridgehead atoms. The highest BCUT2D eigenvalue weighted by Crippen LogP contribution is 2.24. The van der Waals surface area contributed by atoms with Gasteiger partial charge in [-0.25, -0.2) is 19.9 Å². The molecular formula is C14H12N6O. The van der Waals surface area contributed by atoms with Gasteiger partial charge in [0.05, 0.1) is 6.20 Å². The van der Waals surface area contributed by atoms with Crippen LogP contribution in [-0.4, -0.2) is 25.8 Å². The molecule has 7 nitrogen and oxygen atoms in total. The Morgan fingerprint density at radius 1 is 1.19 bits per heavy atom. The fourth-order valence-corrected chi connectivity index (χ4v) is 1.94. The van der Waals surface area contributed by atoms with Crippen LogP contribution in [0.3, 0.4) is 0 Å². The zero-order valence-electron chi connectivity index (χ0n) is 11.2. The molecule has 104 valence electrons. The molecule has 0 spiro atoms. The van der Waals surface area contributed by atoms with Crippen LogP contribution in [0.15, 0.2) is 37.1 Å². The summed E-state index contributed by atoms with van der Waals surface area (Å²) in [5, 5.41) is 3.16. The van der Waals surface area contributed by atoms with E-state index in [4.69, 9.17) is 5.73 Å². The summed E-state index contributed by atoms with van der Waals surface area (Å²) in [6.45, 7) is 1.92. The Morgan fingerprint density at radius 2 is 2.05 bits per heavy atom. The number of carbonyl (C=O) groups is 1. The van der Waals surface area contributed by atoms with Crippen molar-refractivity contribution >= 4 is 28.4 Å². The number of anilines is 2. The second-order valence-corrected chi connectivity index (χ2v) is 4.50. The summed E-state index contributed by atoms with van der Waals surface area (Å²) >= 11 is 0. The summed E-state index contributed by atoms with van der Waals surface area (Å²) < 4.78 is 0. The first kappa shape index (κ1) is 12.9. The summed E-state index contributed by atoms with van der Waals surface area (Å²) in [7, 11) is 0. The minimum Gasteiger partial charge on any atom is -0.366 e. The van der Waals surface area contributed by atoms with Crippen molar-refractivity contribution in [3.8, 4) is 0 Å². The maximum absolute atomic E-state index is 11.3. The highest BCUT2D eigenvalue weighted by atomic mass is 16.1. The maximum atomic E-state index is 11.3. The third-order valence-electron chi connectivity index (χ3n) is 3.08. The van der Waals surface area contributed by atoms with Crippen LogP contribution in [0.2, 0.25) is 0 Å². The van der Waals surface area contributed by atoms with E-state index >= 15 is 0 Å². The quantitative estimate of drug-likeness (QED) is 0.754. The summed E-state index contributed by atoms with van der Waals surface area (Å²) in [6.07, 6.45) is 4.48. The second kappa shape index (κ2) is 5.12. The Bertz CT molecular complexity index is 827. The number of nitrogens with two attached hydrogens (primary N) is 1. The molecule has 21 heavy (non-hydrogen) atoms. The van der Waals surface area contributed by atoms with Crippen molar-refractivity contribution in [1.29, 1.82) is 0 Å². The predicted octanol–water partition coefficient (Wildman–Crippen LogP) is 1.57. The molecule has 0 aliphatic rings. The largest absolute Gasteiger partial charge is 0.366 e. The Balaban J connectivity index is 2.06. The van der Waals surface area contributed by atoms with E-state index in [0.29, 0.717) is 22.4 Å². The lowest BCUT2D eigenvalue weighted by molar-refractivity contribution is 0.100. The van der Waals surface area contributed by atoms with Crippen LogP contribution in [-0.2, 0) is 0 Å². The van der Waals surface area contributed by atoms with Crippen molar-refractivity contribution in [2.75, 3.05) is 5.32 Å². The minimum atomic E-state index is -0.479. The van der Waals surface area contributed by atoms with Crippen LogP contribution < -0.4 is 11.1 Å². The van der Waals surface area contributed by atoms with Gasteiger partial charge in [-0.05, 0) is 24.6 Å². The molecule has 3 N–H and O–H groups in total. The van der Waals surface area contributed by atoms with E-state index in [1.54, 1.807) is 18.3 Å². The first-order valence-electron chi connectivity index (χ1n) is 6.23. The zero-order valence-corrected chi connectivity index (χ0v) is 11.2. The van der Waals surface area contributed by atoms with Gasteiger partial charge in [0, 0.05) is 11.3 Å². The maximum Gasteiger partial charge on any atom is 0.248 e. The number of hydrogen-bond donors (Lipinski definition) is 2. The first-order valence-corrected chi connectivity index (χ1v) is 6.23. The topological polar surface area (TPSA) is 107 Å². The second-order valence-electron chi connectivity index (χ2n) is 4.50. The van der Waals surface area contributed by atoms with Gasteiger partial charge < -0.3 is 11.1 Å². The lowest BCUT2D eigenvalue weighted by atomic mass is 10.1. The molecule has 0 aliphatic carbocycles. The monoisotopic (exact) mass is 280 g/mol. The Morgan fingerprint density at radius 3 is 2.86 bits per heavy atom. The van der Waals surface area contributed by atoms with Crippen LogP contribution in [0.25, 0.3) is 11.0 Å². The first-order chi connectivity index (χ1) is 10.1. The van der Waals surface area contributed by atoms with Crippen molar-refractivity contribution in [1.82, 2.24) is 19.9 Å². The number of benzene rings is 1. The van der Waals surface area contributed by atoms with Crippen LogP contribution >= 0.6 is 0 Å². The Hall–Kier alpha value is -3.09. The summed E-state index contributed by atoms with van der Waals surface area (Å²) in [6, 6.07) is 5.19. The number of rotatable bonds is 3. The van der Waals surface area contributed by atoms with E-state index in [-0.39, 0.29) is 0 Å². The van der Waals surface area contributed by atoms with E-state index in [9.17, 15) is 4.79 Å². The Kier molecular flexibility index (Phi) is 3.15. The number of aryl methyl sites for hydroxylation is 1. The van der Waals surface area contributed by atoms with Crippen molar-refractivity contribution in [2.24, 2.45) is 5.73 Å². The molecule has 0 saturated carbocycles. The molecular weight excluding hydrogens is 268 g/mol. The molecule has 0 aliphatic heterocycles. The van der Waals surface area contributed by atoms with Gasteiger partial charge in [-0.2, -0.15) is 0 Å². The number of nitrogens with one attached hydrogen (secondary N) is 1. The van der Waals surface area contributed by atoms with E-state index in [0.717, 1.165) is 11.3 Å². The standard InChI is InChI=1S/C14H12N6O/c1-8-2-3-9(13(15)21)4-10(8)20-14-12-11(17-7-19-14)5-16-6-18-12/h2-7H,1H3,(H2,15,21)(H,17,19,20). The number of hydrogen-bond acceptors (Lipinski definition) is 6. The molecule has 3 aromatic rings. The number of amides is 1. The normalized spacial score (nSPS) is 10.5. The molecule has 0 saturated heterocycles. The molecule has 0 fully saturated rings. The summed E-state index contributed by atoms with van der Waals surface area (Å²) in [5.41, 5.74) is 8.68. The predicted molar refractivity (Wildman–Crippen MR) is 78.1 cm³/mol. The van der Waals surface area contributed by atoms with Gasteiger partial charge in [-0.15, -0.1) is 0 Å². The molecule has 1 aromatic carbocycles. The van der Waals surface area contributed by atoms with Crippen molar-refractivity contribution in [2.45, 2.75) is 6.92 Å². The third kappa shape index (κ3) is 2.48. The van der Waals surface area contributed by atoms with Gasteiger partial charge in [0.15, 0.2) is 5.82 Å². The minimum absolute atomic E-state index is 0.427. The molecule has 2 aromatic heterocycles. The van der Waals surface area contributed by atoms with E-state index in [2.05, 4.69) is 25.3 Å². The smallest absolute Gasteiger partial charge is 0.248 e. The fourth-order valence-electron chi connectivity index (χ4n) is 1.94. The van der Waals surface area contributed by atoms with E-state index in [1.165, 1.54) is 12.7 Å².